The second-order valence-electron chi connectivity index (χ2n) is 9.38. The van der Waals surface area contributed by atoms with E-state index in [1.807, 2.05) is 18.2 Å². The lowest BCUT2D eigenvalue weighted by molar-refractivity contribution is 0.0635. The Kier molecular flexibility index (Phi) is 6.87. The highest BCUT2D eigenvalue weighted by Gasteiger charge is 2.26. The fourth-order valence-electron chi connectivity index (χ4n) is 3.68. The number of anilines is 2. The molecular formula is C26H27N7O4. The molecular weight excluding hydrogens is 474 g/mol. The number of aromatic nitrogens is 4. The molecule has 190 valence electrons. The van der Waals surface area contributed by atoms with E-state index in [0.717, 1.165) is 10.9 Å². The van der Waals surface area contributed by atoms with Crippen molar-refractivity contribution in [3.63, 3.8) is 0 Å². The van der Waals surface area contributed by atoms with Crippen molar-refractivity contribution in [2.45, 2.75) is 32.9 Å². The van der Waals surface area contributed by atoms with Crippen molar-refractivity contribution < 1.29 is 19.1 Å². The SMILES string of the molecule is Cn1cc(N(Cc2ccc3ccc(NC(=O)OC(C)(C)C)nc3c2)C(=O)c2cccnc2)c(C(N)=O)n1. The third kappa shape index (κ3) is 6.07. The summed E-state index contributed by atoms with van der Waals surface area (Å²) in [6.45, 7) is 5.42. The second kappa shape index (κ2) is 10.1. The molecule has 0 aliphatic heterocycles. The smallest absolute Gasteiger partial charge is 0.413 e. The van der Waals surface area contributed by atoms with E-state index in [1.165, 1.54) is 15.8 Å². The Balaban J connectivity index is 1.69. The number of nitrogens with two attached hydrogens (primary N) is 1. The van der Waals surface area contributed by atoms with Gasteiger partial charge in [0.25, 0.3) is 11.8 Å². The molecule has 3 N–H and O–H groups in total. The largest absolute Gasteiger partial charge is 0.444 e. The minimum absolute atomic E-state index is 0.0255. The number of hydrogen-bond donors (Lipinski definition) is 2. The lowest BCUT2D eigenvalue weighted by Crippen LogP contribution is -2.32. The predicted molar refractivity (Wildman–Crippen MR) is 138 cm³/mol. The summed E-state index contributed by atoms with van der Waals surface area (Å²) in [6.07, 6.45) is 3.97. The molecule has 1 aromatic carbocycles. The van der Waals surface area contributed by atoms with Crippen LogP contribution in [0.3, 0.4) is 0 Å². The number of rotatable bonds is 6. The summed E-state index contributed by atoms with van der Waals surface area (Å²) in [4.78, 5) is 47.7. The molecule has 0 aliphatic rings. The Morgan fingerprint density at radius 2 is 1.89 bits per heavy atom. The summed E-state index contributed by atoms with van der Waals surface area (Å²) in [5, 5.41) is 7.60. The Hall–Kier alpha value is -4.80. The minimum atomic E-state index is -0.752. The van der Waals surface area contributed by atoms with Gasteiger partial charge in [0, 0.05) is 31.0 Å². The number of benzene rings is 1. The molecule has 0 bridgehead atoms. The number of hydrogen-bond acceptors (Lipinski definition) is 7. The number of aryl methyl sites for hydroxylation is 1. The molecule has 0 atom stereocenters. The molecule has 4 aromatic rings. The van der Waals surface area contributed by atoms with E-state index in [0.29, 0.717) is 16.9 Å². The van der Waals surface area contributed by atoms with Gasteiger partial charge in [0.05, 0.1) is 23.3 Å². The molecule has 3 aromatic heterocycles. The third-order valence-electron chi connectivity index (χ3n) is 5.21. The molecule has 4 rings (SSSR count). The quantitative estimate of drug-likeness (QED) is 0.410. The first-order chi connectivity index (χ1) is 17.5. The number of ether oxygens (including phenoxy) is 1. The zero-order valence-corrected chi connectivity index (χ0v) is 20.9. The van der Waals surface area contributed by atoms with Crippen LogP contribution in [-0.2, 0) is 18.3 Å². The topological polar surface area (TPSA) is 145 Å². The number of fused-ring (bicyclic) bond motifs is 1. The standard InChI is InChI=1S/C26H27N7O4/c1-26(2,3)37-25(36)30-21-10-9-17-8-7-16(12-19(17)29-21)14-33(24(35)18-6-5-11-28-13-18)20-15-32(4)31-22(20)23(27)34/h5-13,15H,14H2,1-4H3,(H2,27,34)(H,29,30,36). The summed E-state index contributed by atoms with van der Waals surface area (Å²) < 4.78 is 6.72. The van der Waals surface area contributed by atoms with Crippen LogP contribution in [0.1, 0.15) is 47.2 Å². The van der Waals surface area contributed by atoms with E-state index in [9.17, 15) is 14.4 Å². The average Bonchev–Trinajstić information content (AvgIpc) is 3.23. The number of carbonyl (C=O) groups excluding carboxylic acids is 3. The molecule has 0 saturated carbocycles. The molecule has 0 fully saturated rings. The molecule has 11 heteroatoms. The van der Waals surface area contributed by atoms with Gasteiger partial charge < -0.3 is 15.4 Å². The van der Waals surface area contributed by atoms with Crippen molar-refractivity contribution in [1.29, 1.82) is 0 Å². The van der Waals surface area contributed by atoms with Gasteiger partial charge in [-0.2, -0.15) is 5.10 Å². The number of nitrogens with one attached hydrogen (secondary N) is 1. The molecule has 37 heavy (non-hydrogen) atoms. The normalized spacial score (nSPS) is 11.2. The van der Waals surface area contributed by atoms with Gasteiger partial charge in [-0.1, -0.05) is 12.1 Å². The van der Waals surface area contributed by atoms with Gasteiger partial charge in [-0.05, 0) is 56.7 Å². The van der Waals surface area contributed by atoms with E-state index in [2.05, 4.69) is 20.4 Å². The van der Waals surface area contributed by atoms with Crippen molar-refractivity contribution in [2.75, 3.05) is 10.2 Å². The fraction of sp³-hybridized carbons (Fsp3) is 0.231. The van der Waals surface area contributed by atoms with Gasteiger partial charge >= 0.3 is 6.09 Å². The molecule has 11 nitrogen and oxygen atoms in total. The molecule has 3 amide bonds. The number of carbonyl (C=O) groups is 3. The van der Waals surface area contributed by atoms with Crippen LogP contribution in [0.15, 0.2) is 61.1 Å². The van der Waals surface area contributed by atoms with Crippen molar-refractivity contribution in [3.05, 3.63) is 77.9 Å². The minimum Gasteiger partial charge on any atom is -0.444 e. The highest BCUT2D eigenvalue weighted by atomic mass is 16.6. The zero-order chi connectivity index (χ0) is 26.7. The molecule has 0 radical (unpaired) electrons. The van der Waals surface area contributed by atoms with Crippen molar-refractivity contribution in [2.24, 2.45) is 12.8 Å². The maximum absolute atomic E-state index is 13.5. The summed E-state index contributed by atoms with van der Waals surface area (Å²) in [5.74, 6) is -0.805. The summed E-state index contributed by atoms with van der Waals surface area (Å²) in [6, 6.07) is 12.3. The fourth-order valence-corrected chi connectivity index (χ4v) is 3.68. The van der Waals surface area contributed by atoms with Crippen LogP contribution < -0.4 is 16.0 Å². The maximum Gasteiger partial charge on any atom is 0.413 e. The Bertz CT molecular complexity index is 1480. The molecule has 3 heterocycles. The van der Waals surface area contributed by atoms with E-state index in [1.54, 1.807) is 64.5 Å². The van der Waals surface area contributed by atoms with Crippen LogP contribution in [0.2, 0.25) is 0 Å². The van der Waals surface area contributed by atoms with Crippen LogP contribution in [0.25, 0.3) is 10.9 Å². The van der Waals surface area contributed by atoms with Crippen LogP contribution in [-0.4, -0.2) is 43.3 Å². The van der Waals surface area contributed by atoms with Gasteiger partial charge in [-0.15, -0.1) is 0 Å². The van der Waals surface area contributed by atoms with Gasteiger partial charge in [-0.3, -0.25) is 24.6 Å². The van der Waals surface area contributed by atoms with Crippen LogP contribution in [0, 0.1) is 0 Å². The number of amides is 3. The zero-order valence-electron chi connectivity index (χ0n) is 20.9. The molecule has 0 aliphatic carbocycles. The Morgan fingerprint density at radius 1 is 1.14 bits per heavy atom. The molecule has 0 spiro atoms. The van der Waals surface area contributed by atoms with Crippen molar-refractivity contribution in [1.82, 2.24) is 19.7 Å². The highest BCUT2D eigenvalue weighted by Crippen LogP contribution is 2.25. The average molecular weight is 502 g/mol. The van der Waals surface area contributed by atoms with E-state index in [-0.39, 0.29) is 23.8 Å². The van der Waals surface area contributed by atoms with Gasteiger partial charge in [0.15, 0.2) is 5.69 Å². The first-order valence-electron chi connectivity index (χ1n) is 11.5. The maximum atomic E-state index is 13.5. The molecule has 0 saturated heterocycles. The van der Waals surface area contributed by atoms with E-state index in [4.69, 9.17) is 10.5 Å². The van der Waals surface area contributed by atoms with Crippen LogP contribution >= 0.6 is 0 Å². The Labute approximate surface area is 213 Å². The first-order valence-corrected chi connectivity index (χ1v) is 11.5. The Morgan fingerprint density at radius 3 is 2.57 bits per heavy atom. The monoisotopic (exact) mass is 501 g/mol. The van der Waals surface area contributed by atoms with E-state index < -0.39 is 17.6 Å². The summed E-state index contributed by atoms with van der Waals surface area (Å²) in [7, 11) is 1.64. The number of pyridine rings is 2. The van der Waals surface area contributed by atoms with Crippen molar-refractivity contribution in [3.8, 4) is 0 Å². The van der Waals surface area contributed by atoms with Gasteiger partial charge in [-0.25, -0.2) is 9.78 Å². The highest BCUT2D eigenvalue weighted by molar-refractivity contribution is 6.09. The lowest BCUT2D eigenvalue weighted by atomic mass is 10.1. The van der Waals surface area contributed by atoms with Gasteiger partial charge in [0.1, 0.15) is 11.4 Å². The third-order valence-corrected chi connectivity index (χ3v) is 5.21. The lowest BCUT2D eigenvalue weighted by Gasteiger charge is -2.22. The molecule has 0 unspecified atom stereocenters. The summed E-state index contributed by atoms with van der Waals surface area (Å²) >= 11 is 0. The van der Waals surface area contributed by atoms with Crippen LogP contribution in [0.4, 0.5) is 16.3 Å². The van der Waals surface area contributed by atoms with Crippen LogP contribution in [0.5, 0.6) is 0 Å². The van der Waals surface area contributed by atoms with Gasteiger partial charge in [0.2, 0.25) is 0 Å². The predicted octanol–water partition coefficient (Wildman–Crippen LogP) is 3.66. The number of primary amides is 1. The second-order valence-corrected chi connectivity index (χ2v) is 9.38. The van der Waals surface area contributed by atoms with Crippen molar-refractivity contribution >= 4 is 40.3 Å². The first kappa shape index (κ1) is 25.3. The summed E-state index contributed by atoms with van der Waals surface area (Å²) in [5.41, 5.74) is 6.82. The number of nitrogens with zero attached hydrogens (tertiary/aromatic N) is 5. The van der Waals surface area contributed by atoms with E-state index >= 15 is 0 Å².